The van der Waals surface area contributed by atoms with Gasteiger partial charge in [-0.1, -0.05) is 31.0 Å². The fraction of sp³-hybridized carbons (Fsp3) is 0.625. The molecule has 21 heavy (non-hydrogen) atoms. The minimum Gasteiger partial charge on any atom is -0.330 e. The summed E-state index contributed by atoms with van der Waals surface area (Å²) in [6, 6.07) is 7.54. The molecule has 2 unspecified atom stereocenters. The molecule has 0 bridgehead atoms. The van der Waals surface area contributed by atoms with E-state index in [1.807, 2.05) is 12.1 Å². The lowest BCUT2D eigenvalue weighted by Crippen LogP contribution is -2.43. The van der Waals surface area contributed by atoms with Gasteiger partial charge in [-0.05, 0) is 38.8 Å². The number of nitro groups is 1. The van der Waals surface area contributed by atoms with Crippen molar-refractivity contribution in [2.24, 2.45) is 11.7 Å². The van der Waals surface area contributed by atoms with Crippen LogP contribution >= 0.6 is 0 Å². The van der Waals surface area contributed by atoms with E-state index < -0.39 is 0 Å². The van der Waals surface area contributed by atoms with Crippen LogP contribution in [0.1, 0.15) is 31.2 Å². The molecule has 0 radical (unpaired) electrons. The number of likely N-dealkylation sites (N-methyl/N-ethyl adjacent to an activating group) is 1. The lowest BCUT2D eigenvalue weighted by atomic mass is 9.83. The Balaban J connectivity index is 1.97. The SMILES string of the molecule is CN(CCc1ccccc1[N+](=O)[O-])C1CCCCC1CN. The molecule has 5 nitrogen and oxygen atoms in total. The molecule has 0 aliphatic heterocycles. The van der Waals surface area contributed by atoms with Crippen LogP contribution < -0.4 is 5.73 Å². The summed E-state index contributed by atoms with van der Waals surface area (Å²) in [4.78, 5) is 13.1. The minimum atomic E-state index is -0.293. The third-order valence-corrected chi connectivity index (χ3v) is 4.66. The van der Waals surface area contributed by atoms with E-state index in [4.69, 9.17) is 5.73 Å². The summed E-state index contributed by atoms with van der Waals surface area (Å²) in [5.41, 5.74) is 6.93. The lowest BCUT2D eigenvalue weighted by Gasteiger charge is -2.37. The van der Waals surface area contributed by atoms with Crippen LogP contribution in [-0.4, -0.2) is 36.0 Å². The highest BCUT2D eigenvalue weighted by Gasteiger charge is 2.27. The smallest absolute Gasteiger partial charge is 0.272 e. The van der Waals surface area contributed by atoms with Crippen LogP contribution in [0, 0.1) is 16.0 Å². The van der Waals surface area contributed by atoms with E-state index in [9.17, 15) is 10.1 Å². The van der Waals surface area contributed by atoms with E-state index in [2.05, 4.69) is 11.9 Å². The molecular weight excluding hydrogens is 266 g/mol. The van der Waals surface area contributed by atoms with Gasteiger partial charge in [0.05, 0.1) is 4.92 Å². The first kappa shape index (κ1) is 15.9. The number of benzene rings is 1. The predicted molar refractivity (Wildman–Crippen MR) is 84.2 cm³/mol. The molecule has 0 spiro atoms. The largest absolute Gasteiger partial charge is 0.330 e. The molecule has 1 fully saturated rings. The van der Waals surface area contributed by atoms with Crippen molar-refractivity contribution in [3.05, 3.63) is 39.9 Å². The van der Waals surface area contributed by atoms with Crippen molar-refractivity contribution in [2.45, 2.75) is 38.1 Å². The Morgan fingerprint density at radius 1 is 1.33 bits per heavy atom. The van der Waals surface area contributed by atoms with Crippen LogP contribution in [0.25, 0.3) is 0 Å². The molecule has 5 heteroatoms. The van der Waals surface area contributed by atoms with Gasteiger partial charge in [0.25, 0.3) is 5.69 Å². The molecule has 2 N–H and O–H groups in total. The topological polar surface area (TPSA) is 72.4 Å². The van der Waals surface area contributed by atoms with Gasteiger partial charge in [-0.3, -0.25) is 10.1 Å². The predicted octanol–water partition coefficient (Wildman–Crippen LogP) is 2.59. The second kappa shape index (κ2) is 7.52. The van der Waals surface area contributed by atoms with Crippen LogP contribution in [0.3, 0.4) is 0 Å². The quantitative estimate of drug-likeness (QED) is 0.646. The Hall–Kier alpha value is -1.46. The minimum absolute atomic E-state index is 0.227. The van der Waals surface area contributed by atoms with Gasteiger partial charge in [0.1, 0.15) is 0 Å². The molecular formula is C16H25N3O2. The number of nitrogens with two attached hydrogens (primary N) is 1. The van der Waals surface area contributed by atoms with Crippen LogP contribution in [0.2, 0.25) is 0 Å². The molecule has 116 valence electrons. The molecule has 0 heterocycles. The highest BCUT2D eigenvalue weighted by Crippen LogP contribution is 2.27. The van der Waals surface area contributed by atoms with Crippen molar-refractivity contribution in [1.29, 1.82) is 0 Å². The van der Waals surface area contributed by atoms with Gasteiger partial charge in [0.2, 0.25) is 0 Å². The third kappa shape index (κ3) is 4.02. The van der Waals surface area contributed by atoms with Gasteiger partial charge in [-0.15, -0.1) is 0 Å². The van der Waals surface area contributed by atoms with Crippen LogP contribution in [0.5, 0.6) is 0 Å². The molecule has 0 aromatic heterocycles. The molecule has 0 amide bonds. The molecule has 2 rings (SSSR count). The van der Waals surface area contributed by atoms with Crippen molar-refractivity contribution in [3.8, 4) is 0 Å². The van der Waals surface area contributed by atoms with Gasteiger partial charge < -0.3 is 10.6 Å². The lowest BCUT2D eigenvalue weighted by molar-refractivity contribution is -0.385. The Kier molecular flexibility index (Phi) is 5.70. The van der Waals surface area contributed by atoms with Crippen LogP contribution in [0.15, 0.2) is 24.3 Å². The molecule has 1 aliphatic carbocycles. The van der Waals surface area contributed by atoms with Gasteiger partial charge in [-0.2, -0.15) is 0 Å². The zero-order valence-corrected chi connectivity index (χ0v) is 12.7. The van der Waals surface area contributed by atoms with Gasteiger partial charge >= 0.3 is 0 Å². The van der Waals surface area contributed by atoms with Gasteiger partial charge in [0, 0.05) is 24.2 Å². The summed E-state index contributed by atoms with van der Waals surface area (Å²) in [7, 11) is 2.12. The molecule has 1 aromatic rings. The highest BCUT2D eigenvalue weighted by molar-refractivity contribution is 5.39. The number of hydrogen-bond acceptors (Lipinski definition) is 4. The Morgan fingerprint density at radius 2 is 2.05 bits per heavy atom. The molecule has 1 aromatic carbocycles. The normalized spacial score (nSPS) is 22.4. The zero-order valence-electron chi connectivity index (χ0n) is 12.7. The third-order valence-electron chi connectivity index (χ3n) is 4.66. The van der Waals surface area contributed by atoms with Crippen LogP contribution in [0.4, 0.5) is 5.69 Å². The number of para-hydroxylation sites is 1. The second-order valence-electron chi connectivity index (χ2n) is 5.96. The summed E-state index contributed by atoms with van der Waals surface area (Å²) in [6.45, 7) is 1.58. The van der Waals surface area contributed by atoms with Gasteiger partial charge in [0.15, 0.2) is 0 Å². The van der Waals surface area contributed by atoms with Crippen molar-refractivity contribution in [1.82, 2.24) is 4.90 Å². The first-order chi connectivity index (χ1) is 10.1. The fourth-order valence-electron chi connectivity index (χ4n) is 3.41. The Morgan fingerprint density at radius 3 is 2.76 bits per heavy atom. The van der Waals surface area contributed by atoms with E-state index >= 15 is 0 Å². The molecule has 1 saturated carbocycles. The van der Waals surface area contributed by atoms with Crippen molar-refractivity contribution in [3.63, 3.8) is 0 Å². The highest BCUT2D eigenvalue weighted by atomic mass is 16.6. The van der Waals surface area contributed by atoms with E-state index in [1.165, 1.54) is 25.7 Å². The van der Waals surface area contributed by atoms with Gasteiger partial charge in [-0.25, -0.2) is 0 Å². The first-order valence-corrected chi connectivity index (χ1v) is 7.76. The Bertz CT molecular complexity index is 478. The maximum atomic E-state index is 11.0. The van der Waals surface area contributed by atoms with Crippen molar-refractivity contribution >= 4 is 5.69 Å². The van der Waals surface area contributed by atoms with E-state index in [0.717, 1.165) is 18.7 Å². The second-order valence-corrected chi connectivity index (χ2v) is 5.96. The summed E-state index contributed by atoms with van der Waals surface area (Å²) in [5.74, 6) is 0.564. The number of hydrogen-bond donors (Lipinski definition) is 1. The Labute approximate surface area is 126 Å². The standard InChI is InChI=1S/C16H25N3O2/c1-18(15-8-4-3-7-14(15)12-17)11-10-13-6-2-5-9-16(13)19(20)21/h2,5-6,9,14-15H,3-4,7-8,10-12,17H2,1H3. The van der Waals surface area contributed by atoms with E-state index in [-0.39, 0.29) is 10.6 Å². The summed E-state index contributed by atoms with van der Waals surface area (Å²) >= 11 is 0. The maximum absolute atomic E-state index is 11.0. The number of rotatable bonds is 6. The van der Waals surface area contributed by atoms with Crippen LogP contribution in [-0.2, 0) is 6.42 Å². The zero-order chi connectivity index (χ0) is 15.2. The first-order valence-electron chi connectivity index (χ1n) is 7.76. The summed E-state index contributed by atoms with van der Waals surface area (Å²) in [6.07, 6.45) is 5.64. The number of nitrogens with zero attached hydrogens (tertiary/aromatic N) is 2. The molecule has 1 aliphatic rings. The summed E-state index contributed by atoms with van der Waals surface area (Å²) in [5, 5.41) is 11.0. The average molecular weight is 291 g/mol. The number of nitro benzene ring substituents is 1. The van der Waals surface area contributed by atoms with Crippen molar-refractivity contribution < 1.29 is 4.92 Å². The monoisotopic (exact) mass is 291 g/mol. The van der Waals surface area contributed by atoms with E-state index in [1.54, 1.807) is 12.1 Å². The van der Waals surface area contributed by atoms with Crippen molar-refractivity contribution in [2.75, 3.05) is 20.1 Å². The maximum Gasteiger partial charge on any atom is 0.272 e. The molecule has 0 saturated heterocycles. The fourth-order valence-corrected chi connectivity index (χ4v) is 3.41. The molecule has 2 atom stereocenters. The summed E-state index contributed by atoms with van der Waals surface area (Å²) < 4.78 is 0. The average Bonchev–Trinajstić information content (AvgIpc) is 2.52. The van der Waals surface area contributed by atoms with E-state index in [0.29, 0.717) is 18.4 Å².